The molecule has 0 radical (unpaired) electrons. The van der Waals surface area contributed by atoms with Crippen LogP contribution in [0.15, 0.2) is 12.3 Å². The fraction of sp³-hybridized carbons (Fsp3) is 0.462. The molecule has 1 atom stereocenters. The van der Waals surface area contributed by atoms with E-state index >= 15 is 0 Å². The number of hydrogen-bond acceptors (Lipinski definition) is 7. The van der Waals surface area contributed by atoms with Gasteiger partial charge in [0.25, 0.3) is 0 Å². The molecule has 0 bridgehead atoms. The number of rotatable bonds is 4. The van der Waals surface area contributed by atoms with E-state index in [9.17, 15) is 13.2 Å². The molecule has 23 heavy (non-hydrogen) atoms. The van der Waals surface area contributed by atoms with Crippen LogP contribution in [0, 0.1) is 5.92 Å². The lowest BCUT2D eigenvalue weighted by Crippen LogP contribution is -2.20. The molecule has 2 aromatic heterocycles. The van der Waals surface area contributed by atoms with Gasteiger partial charge in [-0.2, -0.15) is 28.1 Å². The van der Waals surface area contributed by atoms with Gasteiger partial charge in [-0.15, -0.1) is 0 Å². The summed E-state index contributed by atoms with van der Waals surface area (Å²) in [5.74, 6) is 0.279. The Balaban J connectivity index is 1.91. The van der Waals surface area contributed by atoms with Crippen LogP contribution in [-0.4, -0.2) is 31.0 Å². The Morgan fingerprint density at radius 1 is 1.17 bits per heavy atom. The third-order valence-corrected chi connectivity index (χ3v) is 3.48. The molecular formula is C13H14F3N7. The summed E-state index contributed by atoms with van der Waals surface area (Å²) in [5.41, 5.74) is 4.54. The molecule has 0 aromatic carbocycles. The minimum Gasteiger partial charge on any atom is -0.368 e. The lowest BCUT2D eigenvalue weighted by atomic mass is 10.2. The molecule has 2 heterocycles. The van der Waals surface area contributed by atoms with Gasteiger partial charge in [-0.3, -0.25) is 0 Å². The standard InChI is InChI=1S/C13H14F3N7/c1-6(7-2-3-7)19-12-22-10(21-11(17)23-12)9-18-5-4-8(20-9)13(14,15)16/h4-7H,2-3H2,1H3,(H3,17,19,21,22,23)/t6-/m1/s1. The largest absolute Gasteiger partial charge is 0.433 e. The van der Waals surface area contributed by atoms with Gasteiger partial charge in [-0.25, -0.2) is 9.97 Å². The van der Waals surface area contributed by atoms with Gasteiger partial charge < -0.3 is 11.1 Å². The summed E-state index contributed by atoms with van der Waals surface area (Å²) in [6.07, 6.45) is -1.32. The summed E-state index contributed by atoms with van der Waals surface area (Å²) in [6.45, 7) is 1.98. The van der Waals surface area contributed by atoms with Crippen molar-refractivity contribution in [1.82, 2.24) is 24.9 Å². The predicted octanol–water partition coefficient (Wildman–Crippen LogP) is 2.14. The first kappa shape index (κ1) is 15.4. The Hall–Kier alpha value is -2.52. The molecule has 0 aliphatic heterocycles. The number of nitrogens with zero attached hydrogens (tertiary/aromatic N) is 5. The number of nitrogens with two attached hydrogens (primary N) is 1. The fourth-order valence-corrected chi connectivity index (χ4v) is 2.10. The zero-order chi connectivity index (χ0) is 16.6. The van der Waals surface area contributed by atoms with Crippen molar-refractivity contribution < 1.29 is 13.2 Å². The summed E-state index contributed by atoms with van der Waals surface area (Å²) >= 11 is 0. The van der Waals surface area contributed by atoms with Crippen LogP contribution in [0.2, 0.25) is 0 Å². The second-order valence-electron chi connectivity index (χ2n) is 5.37. The van der Waals surface area contributed by atoms with Gasteiger partial charge in [0.05, 0.1) is 0 Å². The predicted molar refractivity (Wildman–Crippen MR) is 76.1 cm³/mol. The second kappa shape index (κ2) is 5.60. The van der Waals surface area contributed by atoms with Crippen LogP contribution in [-0.2, 0) is 6.18 Å². The molecule has 0 saturated heterocycles. The normalized spacial score (nSPS) is 16.2. The van der Waals surface area contributed by atoms with Gasteiger partial charge in [-0.05, 0) is 31.7 Å². The molecule has 3 rings (SSSR count). The summed E-state index contributed by atoms with van der Waals surface area (Å²) in [5, 5.41) is 3.08. The molecule has 1 aliphatic carbocycles. The number of anilines is 2. The molecule has 7 nitrogen and oxygen atoms in total. The molecule has 3 N–H and O–H groups in total. The third kappa shape index (κ3) is 3.63. The zero-order valence-electron chi connectivity index (χ0n) is 12.2. The smallest absolute Gasteiger partial charge is 0.368 e. The van der Waals surface area contributed by atoms with Gasteiger partial charge in [-0.1, -0.05) is 0 Å². The average Bonchev–Trinajstić information content (AvgIpc) is 3.30. The number of nitrogen functional groups attached to an aromatic ring is 1. The Bertz CT molecular complexity index is 715. The number of hydrogen-bond donors (Lipinski definition) is 2. The van der Waals surface area contributed by atoms with Crippen molar-refractivity contribution in [3.63, 3.8) is 0 Å². The monoisotopic (exact) mass is 325 g/mol. The third-order valence-electron chi connectivity index (χ3n) is 3.48. The topological polar surface area (TPSA) is 102 Å². The highest BCUT2D eigenvalue weighted by molar-refractivity contribution is 5.49. The molecule has 1 aliphatic rings. The number of nitrogens with one attached hydrogen (secondary N) is 1. The van der Waals surface area contributed by atoms with Crippen molar-refractivity contribution in [2.75, 3.05) is 11.1 Å². The number of halogens is 3. The van der Waals surface area contributed by atoms with Crippen molar-refractivity contribution >= 4 is 11.9 Å². The summed E-state index contributed by atoms with van der Waals surface area (Å²) < 4.78 is 38.2. The number of aromatic nitrogens is 5. The van der Waals surface area contributed by atoms with Crippen LogP contribution in [0.3, 0.4) is 0 Å². The summed E-state index contributed by atoms with van der Waals surface area (Å²) in [6, 6.07) is 0.926. The maximum atomic E-state index is 12.7. The lowest BCUT2D eigenvalue weighted by Gasteiger charge is -2.13. The summed E-state index contributed by atoms with van der Waals surface area (Å²) in [4.78, 5) is 19.1. The second-order valence-corrected chi connectivity index (χ2v) is 5.37. The van der Waals surface area contributed by atoms with Crippen LogP contribution >= 0.6 is 0 Å². The molecule has 1 saturated carbocycles. The zero-order valence-corrected chi connectivity index (χ0v) is 12.2. The van der Waals surface area contributed by atoms with Crippen molar-refractivity contribution in [2.45, 2.75) is 32.0 Å². The quantitative estimate of drug-likeness (QED) is 0.887. The Labute approximate surface area is 129 Å². The van der Waals surface area contributed by atoms with Crippen molar-refractivity contribution in [2.24, 2.45) is 5.92 Å². The highest BCUT2D eigenvalue weighted by Crippen LogP contribution is 2.33. The van der Waals surface area contributed by atoms with Crippen LogP contribution < -0.4 is 11.1 Å². The maximum absolute atomic E-state index is 12.7. The van der Waals surface area contributed by atoms with E-state index in [4.69, 9.17) is 5.73 Å². The molecule has 2 aromatic rings. The van der Waals surface area contributed by atoms with Crippen molar-refractivity contribution in [3.8, 4) is 11.6 Å². The van der Waals surface area contributed by atoms with E-state index in [0.29, 0.717) is 5.92 Å². The first-order chi connectivity index (χ1) is 10.8. The van der Waals surface area contributed by atoms with Crippen LogP contribution in [0.1, 0.15) is 25.5 Å². The van der Waals surface area contributed by atoms with Crippen LogP contribution in [0.25, 0.3) is 11.6 Å². The van der Waals surface area contributed by atoms with E-state index in [1.807, 2.05) is 6.92 Å². The SMILES string of the molecule is C[C@@H](Nc1nc(N)nc(-c2nccc(C(F)(F)F)n2)n1)C1CC1. The van der Waals surface area contributed by atoms with E-state index in [2.05, 4.69) is 30.2 Å². The van der Waals surface area contributed by atoms with E-state index in [0.717, 1.165) is 25.1 Å². The molecule has 122 valence electrons. The highest BCUT2D eigenvalue weighted by Gasteiger charge is 2.33. The van der Waals surface area contributed by atoms with E-state index in [1.165, 1.54) is 0 Å². The number of alkyl halides is 3. The Morgan fingerprint density at radius 3 is 2.57 bits per heavy atom. The maximum Gasteiger partial charge on any atom is 0.433 e. The summed E-state index contributed by atoms with van der Waals surface area (Å²) in [7, 11) is 0. The fourth-order valence-electron chi connectivity index (χ4n) is 2.10. The van der Waals surface area contributed by atoms with Gasteiger partial charge in [0.15, 0.2) is 5.82 Å². The van der Waals surface area contributed by atoms with E-state index < -0.39 is 11.9 Å². The minimum absolute atomic E-state index is 0.103. The Morgan fingerprint density at radius 2 is 1.91 bits per heavy atom. The average molecular weight is 325 g/mol. The van der Waals surface area contributed by atoms with Crippen molar-refractivity contribution in [3.05, 3.63) is 18.0 Å². The van der Waals surface area contributed by atoms with Crippen LogP contribution in [0.5, 0.6) is 0 Å². The highest BCUT2D eigenvalue weighted by atomic mass is 19.4. The molecule has 0 amide bonds. The Kier molecular flexibility index (Phi) is 3.74. The van der Waals surface area contributed by atoms with Crippen LogP contribution in [0.4, 0.5) is 25.1 Å². The van der Waals surface area contributed by atoms with Crippen molar-refractivity contribution in [1.29, 1.82) is 0 Å². The minimum atomic E-state index is -4.57. The van der Waals surface area contributed by atoms with Gasteiger partial charge >= 0.3 is 6.18 Å². The van der Waals surface area contributed by atoms with Gasteiger partial charge in [0.2, 0.25) is 17.7 Å². The van der Waals surface area contributed by atoms with Gasteiger partial charge in [0.1, 0.15) is 5.69 Å². The molecule has 1 fully saturated rings. The van der Waals surface area contributed by atoms with E-state index in [1.54, 1.807) is 0 Å². The molecular weight excluding hydrogens is 311 g/mol. The lowest BCUT2D eigenvalue weighted by molar-refractivity contribution is -0.141. The first-order valence-corrected chi connectivity index (χ1v) is 7.01. The molecule has 0 spiro atoms. The van der Waals surface area contributed by atoms with E-state index in [-0.39, 0.29) is 29.6 Å². The molecule has 0 unspecified atom stereocenters. The first-order valence-electron chi connectivity index (χ1n) is 7.01. The molecule has 10 heteroatoms. The van der Waals surface area contributed by atoms with Gasteiger partial charge in [0, 0.05) is 12.2 Å².